The minimum atomic E-state index is 0.262. The van der Waals surface area contributed by atoms with Crippen LogP contribution in [0.2, 0.25) is 0 Å². The van der Waals surface area contributed by atoms with E-state index >= 15 is 0 Å². The predicted octanol–water partition coefficient (Wildman–Crippen LogP) is 3.97. The summed E-state index contributed by atoms with van der Waals surface area (Å²) in [4.78, 5) is 0. The first-order valence-electron chi connectivity index (χ1n) is 7.36. The SMILES string of the molecule is CCCC1CC1(N)C1CCC(C(C)C)CC1. The Morgan fingerprint density at radius 1 is 1.19 bits per heavy atom. The number of rotatable bonds is 4. The molecule has 2 rings (SSSR count). The largest absolute Gasteiger partial charge is 0.325 e. The lowest BCUT2D eigenvalue weighted by Gasteiger charge is -2.34. The molecule has 2 aliphatic carbocycles. The van der Waals surface area contributed by atoms with E-state index in [0.717, 1.165) is 23.7 Å². The maximum absolute atomic E-state index is 6.57. The number of hydrogen-bond acceptors (Lipinski definition) is 1. The molecule has 0 aromatic heterocycles. The van der Waals surface area contributed by atoms with E-state index in [1.54, 1.807) is 0 Å². The fourth-order valence-electron chi connectivity index (χ4n) is 3.91. The zero-order valence-corrected chi connectivity index (χ0v) is 11.3. The summed E-state index contributed by atoms with van der Waals surface area (Å²) < 4.78 is 0. The zero-order chi connectivity index (χ0) is 11.8. The van der Waals surface area contributed by atoms with E-state index in [4.69, 9.17) is 5.73 Å². The van der Waals surface area contributed by atoms with Crippen molar-refractivity contribution in [2.24, 2.45) is 29.4 Å². The minimum Gasteiger partial charge on any atom is -0.325 e. The summed E-state index contributed by atoms with van der Waals surface area (Å²) in [5.74, 6) is 3.56. The molecule has 0 heterocycles. The standard InChI is InChI=1S/C15H29N/c1-4-5-14-10-15(14,16)13-8-6-12(7-9-13)11(2)3/h11-14H,4-10,16H2,1-3H3. The predicted molar refractivity (Wildman–Crippen MR) is 70.2 cm³/mol. The second kappa shape index (κ2) is 4.68. The average molecular weight is 223 g/mol. The van der Waals surface area contributed by atoms with E-state index in [2.05, 4.69) is 20.8 Å². The summed E-state index contributed by atoms with van der Waals surface area (Å²) >= 11 is 0. The van der Waals surface area contributed by atoms with Crippen molar-refractivity contribution in [3.05, 3.63) is 0 Å². The molecule has 2 atom stereocenters. The lowest BCUT2D eigenvalue weighted by molar-refractivity contribution is 0.188. The molecule has 94 valence electrons. The van der Waals surface area contributed by atoms with Crippen LogP contribution in [0.15, 0.2) is 0 Å². The first kappa shape index (κ1) is 12.4. The Morgan fingerprint density at radius 2 is 1.81 bits per heavy atom. The summed E-state index contributed by atoms with van der Waals surface area (Å²) in [5, 5.41) is 0. The fourth-order valence-corrected chi connectivity index (χ4v) is 3.91. The van der Waals surface area contributed by atoms with Gasteiger partial charge in [-0.25, -0.2) is 0 Å². The van der Waals surface area contributed by atoms with E-state index in [-0.39, 0.29) is 5.54 Å². The van der Waals surface area contributed by atoms with Crippen LogP contribution in [0.3, 0.4) is 0 Å². The average Bonchev–Trinajstić information content (AvgIpc) is 2.92. The van der Waals surface area contributed by atoms with Gasteiger partial charge in [0, 0.05) is 5.54 Å². The summed E-state index contributed by atoms with van der Waals surface area (Å²) in [7, 11) is 0. The van der Waals surface area contributed by atoms with Crippen molar-refractivity contribution >= 4 is 0 Å². The highest BCUT2D eigenvalue weighted by molar-refractivity contribution is 5.11. The molecule has 2 aliphatic rings. The summed E-state index contributed by atoms with van der Waals surface area (Å²) in [6, 6.07) is 0. The lowest BCUT2D eigenvalue weighted by atomic mass is 9.73. The molecular weight excluding hydrogens is 194 g/mol. The highest BCUT2D eigenvalue weighted by atomic mass is 14.9. The normalized spacial score (nSPS) is 43.7. The van der Waals surface area contributed by atoms with Crippen LogP contribution >= 0.6 is 0 Å². The molecule has 0 bridgehead atoms. The molecule has 0 spiro atoms. The van der Waals surface area contributed by atoms with Crippen molar-refractivity contribution in [1.29, 1.82) is 0 Å². The highest BCUT2D eigenvalue weighted by Crippen LogP contribution is 2.54. The third-order valence-corrected chi connectivity index (χ3v) is 5.31. The van der Waals surface area contributed by atoms with E-state index < -0.39 is 0 Å². The number of hydrogen-bond donors (Lipinski definition) is 1. The van der Waals surface area contributed by atoms with Gasteiger partial charge in [0.05, 0.1) is 0 Å². The topological polar surface area (TPSA) is 26.0 Å². The molecule has 0 radical (unpaired) electrons. The van der Waals surface area contributed by atoms with Gasteiger partial charge in [-0.1, -0.05) is 27.2 Å². The zero-order valence-electron chi connectivity index (χ0n) is 11.3. The molecule has 1 heteroatoms. The quantitative estimate of drug-likeness (QED) is 0.767. The smallest absolute Gasteiger partial charge is 0.0215 e. The van der Waals surface area contributed by atoms with Gasteiger partial charge in [-0.3, -0.25) is 0 Å². The number of nitrogens with two attached hydrogens (primary N) is 1. The summed E-state index contributed by atoms with van der Waals surface area (Å²) in [5.41, 5.74) is 6.84. The van der Waals surface area contributed by atoms with E-state index in [0.29, 0.717) is 0 Å². The Morgan fingerprint density at radius 3 is 2.31 bits per heavy atom. The van der Waals surface area contributed by atoms with Gasteiger partial charge >= 0.3 is 0 Å². The van der Waals surface area contributed by atoms with Gasteiger partial charge in [-0.05, 0) is 62.2 Å². The molecule has 0 amide bonds. The van der Waals surface area contributed by atoms with Crippen LogP contribution < -0.4 is 5.73 Å². The fraction of sp³-hybridized carbons (Fsp3) is 1.00. The van der Waals surface area contributed by atoms with Crippen LogP contribution in [0.25, 0.3) is 0 Å². The van der Waals surface area contributed by atoms with Crippen LogP contribution in [0.4, 0.5) is 0 Å². The van der Waals surface area contributed by atoms with Gasteiger partial charge < -0.3 is 5.73 Å². The molecule has 2 fully saturated rings. The Bertz CT molecular complexity index is 228. The molecule has 0 aromatic rings. The maximum Gasteiger partial charge on any atom is 0.0215 e. The van der Waals surface area contributed by atoms with Crippen LogP contribution in [0.1, 0.15) is 65.7 Å². The molecule has 2 saturated carbocycles. The van der Waals surface area contributed by atoms with Crippen molar-refractivity contribution in [1.82, 2.24) is 0 Å². The summed E-state index contributed by atoms with van der Waals surface area (Å²) in [6.45, 7) is 7.04. The van der Waals surface area contributed by atoms with E-state index in [1.165, 1.54) is 44.9 Å². The van der Waals surface area contributed by atoms with Crippen molar-refractivity contribution in [3.8, 4) is 0 Å². The first-order chi connectivity index (χ1) is 7.58. The molecular formula is C15H29N. The van der Waals surface area contributed by atoms with Gasteiger partial charge in [0.1, 0.15) is 0 Å². The summed E-state index contributed by atoms with van der Waals surface area (Å²) in [6.07, 6.45) is 9.66. The molecule has 0 aliphatic heterocycles. The molecule has 2 N–H and O–H groups in total. The van der Waals surface area contributed by atoms with Gasteiger partial charge in [-0.2, -0.15) is 0 Å². The van der Waals surface area contributed by atoms with Crippen molar-refractivity contribution in [3.63, 3.8) is 0 Å². The highest BCUT2D eigenvalue weighted by Gasteiger charge is 2.55. The van der Waals surface area contributed by atoms with Crippen LogP contribution in [0, 0.1) is 23.7 Å². The maximum atomic E-state index is 6.57. The van der Waals surface area contributed by atoms with Gasteiger partial charge in [0.15, 0.2) is 0 Å². The van der Waals surface area contributed by atoms with Gasteiger partial charge in [0.2, 0.25) is 0 Å². The van der Waals surface area contributed by atoms with Gasteiger partial charge in [0.25, 0.3) is 0 Å². The molecule has 1 nitrogen and oxygen atoms in total. The van der Waals surface area contributed by atoms with E-state index in [9.17, 15) is 0 Å². The Hall–Kier alpha value is -0.0400. The monoisotopic (exact) mass is 223 g/mol. The van der Waals surface area contributed by atoms with E-state index in [1.807, 2.05) is 0 Å². The second-order valence-corrected chi connectivity index (χ2v) is 6.66. The van der Waals surface area contributed by atoms with Crippen molar-refractivity contribution in [2.45, 2.75) is 71.3 Å². The Labute approximate surface area is 101 Å². The first-order valence-corrected chi connectivity index (χ1v) is 7.36. The third kappa shape index (κ3) is 2.30. The minimum absolute atomic E-state index is 0.262. The second-order valence-electron chi connectivity index (χ2n) is 6.66. The Kier molecular flexibility index (Phi) is 3.63. The lowest BCUT2D eigenvalue weighted by Crippen LogP contribution is -2.37. The Balaban J connectivity index is 1.81. The van der Waals surface area contributed by atoms with Crippen LogP contribution in [0.5, 0.6) is 0 Å². The van der Waals surface area contributed by atoms with Crippen molar-refractivity contribution < 1.29 is 0 Å². The third-order valence-electron chi connectivity index (χ3n) is 5.31. The van der Waals surface area contributed by atoms with Gasteiger partial charge in [-0.15, -0.1) is 0 Å². The van der Waals surface area contributed by atoms with Crippen molar-refractivity contribution in [2.75, 3.05) is 0 Å². The molecule has 0 aromatic carbocycles. The van der Waals surface area contributed by atoms with Crippen LogP contribution in [-0.2, 0) is 0 Å². The molecule has 0 saturated heterocycles. The molecule has 2 unspecified atom stereocenters. The van der Waals surface area contributed by atoms with Crippen LogP contribution in [-0.4, -0.2) is 5.54 Å². The molecule has 16 heavy (non-hydrogen) atoms.